The Balaban J connectivity index is 1.32. The first kappa shape index (κ1) is 18.7. The van der Waals surface area contributed by atoms with Gasteiger partial charge in [0, 0.05) is 42.7 Å². The number of benzene rings is 2. The van der Waals surface area contributed by atoms with Crippen LogP contribution in [0.4, 0.5) is 4.39 Å². The number of hydrogen-bond donors (Lipinski definition) is 2. The van der Waals surface area contributed by atoms with Crippen LogP contribution < -0.4 is 5.73 Å². The first-order chi connectivity index (χ1) is 13.6. The number of aromatic amines is 1. The third kappa shape index (κ3) is 4.09. The number of amides is 1. The fourth-order valence-corrected chi connectivity index (χ4v) is 4.24. The fraction of sp³-hybridized carbons (Fsp3) is 0.348. The molecule has 2 aromatic carbocycles. The topological polar surface area (TPSA) is 62.1 Å². The lowest BCUT2D eigenvalue weighted by molar-refractivity contribution is -0.132. The molecule has 146 valence electrons. The fourth-order valence-electron chi connectivity index (χ4n) is 4.24. The summed E-state index contributed by atoms with van der Waals surface area (Å²) in [5, 5.41) is 1.08. The highest BCUT2D eigenvalue weighted by atomic mass is 19.1. The molecule has 3 N–H and O–H groups in total. The molecular weight excluding hydrogens is 353 g/mol. The van der Waals surface area contributed by atoms with E-state index in [2.05, 4.69) is 4.98 Å². The van der Waals surface area contributed by atoms with Gasteiger partial charge in [-0.15, -0.1) is 0 Å². The van der Waals surface area contributed by atoms with Crippen molar-refractivity contribution in [3.8, 4) is 0 Å². The van der Waals surface area contributed by atoms with Crippen molar-refractivity contribution in [2.24, 2.45) is 5.73 Å². The maximum atomic E-state index is 13.4. The van der Waals surface area contributed by atoms with E-state index in [0.29, 0.717) is 12.3 Å². The number of halogens is 1. The molecular formula is C23H26FN3O. The van der Waals surface area contributed by atoms with Gasteiger partial charge in [-0.05, 0) is 54.5 Å². The molecule has 1 unspecified atom stereocenters. The monoisotopic (exact) mass is 379 g/mol. The van der Waals surface area contributed by atoms with Crippen LogP contribution in [0.5, 0.6) is 0 Å². The summed E-state index contributed by atoms with van der Waals surface area (Å²) in [6, 6.07) is 14.8. The molecule has 2 heterocycles. The second-order valence-electron chi connectivity index (χ2n) is 7.74. The molecule has 4 nitrogen and oxygen atoms in total. The number of rotatable bonds is 5. The van der Waals surface area contributed by atoms with Crippen LogP contribution in [0.25, 0.3) is 10.9 Å². The molecule has 1 aliphatic rings. The Bertz CT molecular complexity index is 945. The van der Waals surface area contributed by atoms with Crippen molar-refractivity contribution in [3.05, 3.63) is 71.7 Å². The molecule has 4 rings (SSSR count). The first-order valence-electron chi connectivity index (χ1n) is 9.94. The van der Waals surface area contributed by atoms with E-state index < -0.39 is 0 Å². The summed E-state index contributed by atoms with van der Waals surface area (Å²) in [6.45, 7) is 1.49. The minimum absolute atomic E-state index is 0.142. The van der Waals surface area contributed by atoms with Crippen molar-refractivity contribution >= 4 is 16.8 Å². The number of piperidine rings is 1. The Morgan fingerprint density at radius 1 is 1.18 bits per heavy atom. The second kappa shape index (κ2) is 8.15. The molecule has 1 amide bonds. The van der Waals surface area contributed by atoms with Gasteiger partial charge in [0.15, 0.2) is 0 Å². The standard InChI is InChI=1S/C23H26FN3O/c24-18-6-7-20-21(15-26-22(20)13-18)17-8-10-27(11-9-17)23(28)14-19(25)12-16-4-2-1-3-5-16/h1-7,13,15,17,19,26H,8-12,14,25H2. The number of nitrogens with one attached hydrogen (secondary N) is 1. The summed E-state index contributed by atoms with van der Waals surface area (Å²) in [6.07, 6.45) is 4.93. The Hall–Kier alpha value is -2.66. The van der Waals surface area contributed by atoms with Gasteiger partial charge in [-0.2, -0.15) is 0 Å². The third-order valence-corrected chi connectivity index (χ3v) is 5.74. The molecule has 3 aromatic rings. The summed E-state index contributed by atoms with van der Waals surface area (Å²) < 4.78 is 13.4. The molecule has 0 spiro atoms. The number of hydrogen-bond acceptors (Lipinski definition) is 2. The van der Waals surface area contributed by atoms with E-state index in [1.54, 1.807) is 0 Å². The number of aromatic nitrogens is 1. The predicted octanol–water partition coefficient (Wildman–Crippen LogP) is 3.97. The molecule has 5 heteroatoms. The van der Waals surface area contributed by atoms with Crippen LogP contribution in [-0.2, 0) is 11.2 Å². The second-order valence-corrected chi connectivity index (χ2v) is 7.74. The van der Waals surface area contributed by atoms with Gasteiger partial charge in [-0.3, -0.25) is 4.79 Å². The van der Waals surface area contributed by atoms with E-state index in [-0.39, 0.29) is 17.8 Å². The van der Waals surface area contributed by atoms with Crippen LogP contribution >= 0.6 is 0 Å². The number of nitrogens with zero attached hydrogens (tertiary/aromatic N) is 1. The highest BCUT2D eigenvalue weighted by Crippen LogP contribution is 2.33. The van der Waals surface area contributed by atoms with Gasteiger partial charge in [0.2, 0.25) is 5.91 Å². The maximum absolute atomic E-state index is 13.4. The molecule has 1 fully saturated rings. The number of nitrogens with two attached hydrogens (primary N) is 1. The van der Waals surface area contributed by atoms with Gasteiger partial charge in [-0.1, -0.05) is 30.3 Å². The van der Waals surface area contributed by atoms with E-state index >= 15 is 0 Å². The summed E-state index contributed by atoms with van der Waals surface area (Å²) >= 11 is 0. The first-order valence-corrected chi connectivity index (χ1v) is 9.94. The van der Waals surface area contributed by atoms with Crippen LogP contribution in [0.2, 0.25) is 0 Å². The normalized spacial score (nSPS) is 16.4. The molecule has 0 bridgehead atoms. The zero-order valence-electron chi connectivity index (χ0n) is 15.9. The van der Waals surface area contributed by atoms with Crippen LogP contribution in [0.15, 0.2) is 54.7 Å². The van der Waals surface area contributed by atoms with Crippen LogP contribution in [0.1, 0.15) is 36.3 Å². The largest absolute Gasteiger partial charge is 0.361 e. The zero-order valence-corrected chi connectivity index (χ0v) is 15.9. The highest BCUT2D eigenvalue weighted by Gasteiger charge is 2.26. The molecule has 0 radical (unpaired) electrons. The van der Waals surface area contributed by atoms with E-state index in [0.717, 1.165) is 48.8 Å². The van der Waals surface area contributed by atoms with Crippen molar-refractivity contribution in [3.63, 3.8) is 0 Å². The Morgan fingerprint density at radius 2 is 1.93 bits per heavy atom. The summed E-state index contributed by atoms with van der Waals surface area (Å²) in [4.78, 5) is 17.8. The Morgan fingerprint density at radius 3 is 2.68 bits per heavy atom. The summed E-state index contributed by atoms with van der Waals surface area (Å²) in [7, 11) is 0. The van der Waals surface area contributed by atoms with E-state index in [4.69, 9.17) is 5.73 Å². The molecule has 1 aromatic heterocycles. The summed E-state index contributed by atoms with van der Waals surface area (Å²) in [5.41, 5.74) is 9.43. The minimum Gasteiger partial charge on any atom is -0.361 e. The van der Waals surface area contributed by atoms with Crippen LogP contribution in [0.3, 0.4) is 0 Å². The smallest absolute Gasteiger partial charge is 0.224 e. The Kier molecular flexibility index (Phi) is 5.44. The number of carbonyl (C=O) groups is 1. The van der Waals surface area contributed by atoms with E-state index in [9.17, 15) is 9.18 Å². The average Bonchev–Trinajstić information content (AvgIpc) is 3.11. The highest BCUT2D eigenvalue weighted by molar-refractivity contribution is 5.84. The van der Waals surface area contributed by atoms with Crippen molar-refractivity contribution in [2.75, 3.05) is 13.1 Å². The van der Waals surface area contributed by atoms with Gasteiger partial charge in [0.25, 0.3) is 0 Å². The van der Waals surface area contributed by atoms with Gasteiger partial charge in [0.05, 0.1) is 0 Å². The molecule has 28 heavy (non-hydrogen) atoms. The molecule has 0 aliphatic carbocycles. The van der Waals surface area contributed by atoms with Crippen molar-refractivity contribution in [2.45, 2.75) is 37.6 Å². The van der Waals surface area contributed by atoms with Gasteiger partial charge >= 0.3 is 0 Å². The minimum atomic E-state index is -0.229. The summed E-state index contributed by atoms with van der Waals surface area (Å²) in [5.74, 6) is 0.303. The molecule has 1 saturated heterocycles. The van der Waals surface area contributed by atoms with E-state index in [1.165, 1.54) is 17.7 Å². The maximum Gasteiger partial charge on any atom is 0.224 e. The van der Waals surface area contributed by atoms with Crippen LogP contribution in [0, 0.1) is 5.82 Å². The van der Waals surface area contributed by atoms with Gasteiger partial charge < -0.3 is 15.6 Å². The number of carbonyl (C=O) groups excluding carboxylic acids is 1. The quantitative estimate of drug-likeness (QED) is 0.704. The SMILES string of the molecule is NC(CC(=O)N1CCC(c2c[nH]c3cc(F)ccc23)CC1)Cc1ccccc1. The number of likely N-dealkylation sites (tertiary alicyclic amines) is 1. The van der Waals surface area contributed by atoms with Crippen LogP contribution in [-0.4, -0.2) is 34.9 Å². The zero-order chi connectivity index (χ0) is 19.5. The lowest BCUT2D eigenvalue weighted by Gasteiger charge is -2.32. The van der Waals surface area contributed by atoms with Crippen molar-refractivity contribution in [1.29, 1.82) is 0 Å². The van der Waals surface area contributed by atoms with Gasteiger partial charge in [0.1, 0.15) is 5.82 Å². The molecule has 1 atom stereocenters. The third-order valence-electron chi connectivity index (χ3n) is 5.74. The van der Waals surface area contributed by atoms with Gasteiger partial charge in [-0.25, -0.2) is 4.39 Å². The van der Waals surface area contributed by atoms with Crippen molar-refractivity contribution < 1.29 is 9.18 Å². The predicted molar refractivity (Wildman–Crippen MR) is 110 cm³/mol. The van der Waals surface area contributed by atoms with Crippen molar-refractivity contribution in [1.82, 2.24) is 9.88 Å². The Labute approximate surface area is 164 Å². The lowest BCUT2D eigenvalue weighted by atomic mass is 9.89. The molecule has 1 aliphatic heterocycles. The molecule has 0 saturated carbocycles. The number of H-pyrrole nitrogens is 1. The number of fused-ring (bicyclic) bond motifs is 1. The lowest BCUT2D eigenvalue weighted by Crippen LogP contribution is -2.41. The average molecular weight is 379 g/mol. The van der Waals surface area contributed by atoms with E-state index in [1.807, 2.05) is 47.5 Å².